The Morgan fingerprint density at radius 3 is 2.74 bits per heavy atom. The molecule has 1 aliphatic rings. The first-order valence-corrected chi connectivity index (χ1v) is 9.02. The Bertz CT molecular complexity index is 934. The number of rotatable bonds is 6. The number of carbonyl (C=O) groups is 3. The Morgan fingerprint density at radius 2 is 2.07 bits per heavy atom. The molecule has 1 aromatic heterocycles. The number of halogens is 1. The molecule has 1 aliphatic heterocycles. The zero-order valence-electron chi connectivity index (χ0n) is 14.1. The number of ether oxygens (including phenoxy) is 1. The predicted octanol–water partition coefficient (Wildman–Crippen LogP) is 3.11. The van der Waals surface area contributed by atoms with Crippen molar-refractivity contribution in [3.8, 4) is 5.75 Å². The number of hydrogen-bond acceptors (Lipinski definition) is 5. The lowest BCUT2D eigenvalue weighted by atomic mass is 10.1. The number of barbiturate groups is 1. The second kappa shape index (κ2) is 8.21. The number of nitrogens with zero attached hydrogens (tertiary/aromatic N) is 1. The van der Waals surface area contributed by atoms with Gasteiger partial charge in [0.2, 0.25) is 0 Å². The molecule has 0 unspecified atom stereocenters. The van der Waals surface area contributed by atoms with E-state index in [2.05, 4.69) is 34.5 Å². The normalized spacial score (nSPS) is 15.8. The third-order valence-corrected chi connectivity index (χ3v) is 4.55. The molecule has 0 radical (unpaired) electrons. The van der Waals surface area contributed by atoms with Crippen LogP contribution in [0, 0.1) is 3.57 Å². The van der Waals surface area contributed by atoms with Crippen LogP contribution >= 0.6 is 22.6 Å². The number of nitrogens with one attached hydrogen (secondary N) is 1. The number of hydrogen-bond donors (Lipinski definition) is 1. The quantitative estimate of drug-likeness (QED) is 0.299. The summed E-state index contributed by atoms with van der Waals surface area (Å²) in [5.74, 6) is -0.304. The average molecular weight is 478 g/mol. The molecule has 0 bridgehead atoms. The maximum atomic E-state index is 12.7. The largest absolute Gasteiger partial charge is 0.488 e. The summed E-state index contributed by atoms with van der Waals surface area (Å²) in [6, 6.07) is 7.77. The van der Waals surface area contributed by atoms with Crippen molar-refractivity contribution >= 4 is 46.5 Å². The lowest BCUT2D eigenvalue weighted by Gasteiger charge is -2.25. The number of benzene rings is 1. The maximum Gasteiger partial charge on any atom is 0.331 e. The Morgan fingerprint density at radius 1 is 1.26 bits per heavy atom. The van der Waals surface area contributed by atoms with E-state index in [1.54, 1.807) is 36.4 Å². The molecular formula is C19H15IN2O5. The zero-order chi connectivity index (χ0) is 19.4. The molecular weight excluding hydrogens is 463 g/mol. The highest BCUT2D eigenvalue weighted by Gasteiger charge is 2.36. The summed E-state index contributed by atoms with van der Waals surface area (Å²) in [7, 11) is 0. The second-order valence-electron chi connectivity index (χ2n) is 5.58. The molecule has 1 fully saturated rings. The maximum absolute atomic E-state index is 12.7. The molecule has 27 heavy (non-hydrogen) atoms. The van der Waals surface area contributed by atoms with Crippen molar-refractivity contribution in [1.82, 2.24) is 10.2 Å². The van der Waals surface area contributed by atoms with Gasteiger partial charge < -0.3 is 9.15 Å². The topological polar surface area (TPSA) is 88.8 Å². The molecule has 138 valence electrons. The van der Waals surface area contributed by atoms with Crippen LogP contribution in [0.5, 0.6) is 5.75 Å². The Kier molecular flexibility index (Phi) is 5.75. The van der Waals surface area contributed by atoms with Gasteiger partial charge in [-0.2, -0.15) is 0 Å². The van der Waals surface area contributed by atoms with Gasteiger partial charge >= 0.3 is 6.03 Å². The molecule has 7 nitrogen and oxygen atoms in total. The number of carbonyl (C=O) groups excluding carboxylic acids is 3. The zero-order valence-corrected chi connectivity index (χ0v) is 16.3. The Balaban J connectivity index is 1.86. The van der Waals surface area contributed by atoms with Crippen molar-refractivity contribution in [3.63, 3.8) is 0 Å². The highest BCUT2D eigenvalue weighted by molar-refractivity contribution is 14.1. The van der Waals surface area contributed by atoms with Crippen molar-refractivity contribution in [2.45, 2.75) is 6.54 Å². The van der Waals surface area contributed by atoms with Gasteiger partial charge in [-0.05, 0) is 58.5 Å². The summed E-state index contributed by atoms with van der Waals surface area (Å²) in [5, 5.41) is 2.18. The summed E-state index contributed by atoms with van der Waals surface area (Å²) in [5.41, 5.74) is 0.507. The van der Waals surface area contributed by atoms with Gasteiger partial charge in [0.1, 0.15) is 23.7 Å². The summed E-state index contributed by atoms with van der Waals surface area (Å²) in [4.78, 5) is 37.8. The van der Waals surface area contributed by atoms with Gasteiger partial charge in [-0.1, -0.05) is 18.7 Å². The van der Waals surface area contributed by atoms with Crippen LogP contribution in [0.3, 0.4) is 0 Å². The minimum Gasteiger partial charge on any atom is -0.488 e. The van der Waals surface area contributed by atoms with E-state index >= 15 is 0 Å². The first-order chi connectivity index (χ1) is 13.0. The molecule has 8 heteroatoms. The van der Waals surface area contributed by atoms with Crippen molar-refractivity contribution in [2.75, 3.05) is 6.61 Å². The number of urea groups is 1. The molecule has 2 aromatic rings. The van der Waals surface area contributed by atoms with Crippen molar-refractivity contribution in [2.24, 2.45) is 0 Å². The number of furan rings is 1. The fourth-order valence-corrected chi connectivity index (χ4v) is 3.13. The second-order valence-corrected chi connectivity index (χ2v) is 6.74. The van der Waals surface area contributed by atoms with E-state index in [1.165, 1.54) is 12.3 Å². The highest BCUT2D eigenvalue weighted by Crippen LogP contribution is 2.24. The van der Waals surface area contributed by atoms with Crippen LogP contribution in [0.1, 0.15) is 11.3 Å². The summed E-state index contributed by atoms with van der Waals surface area (Å²) in [6.07, 6.45) is 4.53. The third-order valence-electron chi connectivity index (χ3n) is 3.70. The van der Waals surface area contributed by atoms with Gasteiger partial charge in [0.05, 0.1) is 16.4 Å². The average Bonchev–Trinajstić information content (AvgIpc) is 3.15. The van der Waals surface area contributed by atoms with E-state index < -0.39 is 17.8 Å². The van der Waals surface area contributed by atoms with Crippen LogP contribution in [0.25, 0.3) is 6.08 Å². The minimum atomic E-state index is -0.777. The van der Waals surface area contributed by atoms with E-state index in [9.17, 15) is 14.4 Å². The van der Waals surface area contributed by atoms with E-state index in [0.29, 0.717) is 23.7 Å². The first kappa shape index (κ1) is 18.9. The molecule has 3 rings (SSSR count). The highest BCUT2D eigenvalue weighted by atomic mass is 127. The summed E-state index contributed by atoms with van der Waals surface area (Å²) < 4.78 is 11.5. The Labute approximate surface area is 168 Å². The van der Waals surface area contributed by atoms with E-state index in [0.717, 1.165) is 8.47 Å². The van der Waals surface area contributed by atoms with E-state index in [4.69, 9.17) is 9.15 Å². The standard InChI is InChI=1S/C19H15IN2O5/c1-2-7-27-16-6-5-12(10-15(16)20)9-14-17(23)21-19(25)22(18(14)24)11-13-4-3-8-26-13/h2-6,8-10H,1,7,11H2,(H,21,23,25). The fourth-order valence-electron chi connectivity index (χ4n) is 2.44. The summed E-state index contributed by atoms with van der Waals surface area (Å²) >= 11 is 2.10. The molecule has 2 heterocycles. The lowest BCUT2D eigenvalue weighted by Crippen LogP contribution is -2.53. The number of amides is 4. The fraction of sp³-hybridized carbons (Fsp3) is 0.105. The van der Waals surface area contributed by atoms with Gasteiger partial charge in [0.15, 0.2) is 0 Å². The molecule has 1 saturated heterocycles. The van der Waals surface area contributed by atoms with Crippen LogP contribution in [0.4, 0.5) is 4.79 Å². The van der Waals surface area contributed by atoms with Gasteiger partial charge in [-0.25, -0.2) is 4.79 Å². The van der Waals surface area contributed by atoms with Crippen molar-refractivity contribution in [3.05, 3.63) is 69.7 Å². The Hall–Kier alpha value is -2.88. The van der Waals surface area contributed by atoms with Crippen LogP contribution in [0.15, 0.2) is 59.2 Å². The summed E-state index contributed by atoms with van der Waals surface area (Å²) in [6.45, 7) is 3.91. The van der Waals surface area contributed by atoms with Crippen molar-refractivity contribution in [1.29, 1.82) is 0 Å². The van der Waals surface area contributed by atoms with Gasteiger partial charge in [-0.15, -0.1) is 0 Å². The van der Waals surface area contributed by atoms with E-state index in [-0.39, 0.29) is 12.1 Å². The molecule has 1 N–H and O–H groups in total. The first-order valence-electron chi connectivity index (χ1n) is 7.94. The minimum absolute atomic E-state index is 0.0614. The van der Waals surface area contributed by atoms with Crippen LogP contribution in [-0.2, 0) is 16.1 Å². The van der Waals surface area contributed by atoms with Gasteiger partial charge in [0.25, 0.3) is 11.8 Å². The molecule has 0 aliphatic carbocycles. The van der Waals surface area contributed by atoms with Crippen LogP contribution in [0.2, 0.25) is 0 Å². The lowest BCUT2D eigenvalue weighted by molar-refractivity contribution is -0.130. The van der Waals surface area contributed by atoms with Crippen molar-refractivity contribution < 1.29 is 23.5 Å². The molecule has 0 atom stereocenters. The number of imide groups is 2. The molecule has 0 spiro atoms. The van der Waals surface area contributed by atoms with E-state index in [1.807, 2.05) is 0 Å². The van der Waals surface area contributed by atoms with Gasteiger partial charge in [0, 0.05) is 0 Å². The van der Waals surface area contributed by atoms with Gasteiger partial charge in [-0.3, -0.25) is 19.8 Å². The molecule has 4 amide bonds. The third kappa shape index (κ3) is 4.27. The smallest absolute Gasteiger partial charge is 0.331 e. The predicted molar refractivity (Wildman–Crippen MR) is 106 cm³/mol. The monoisotopic (exact) mass is 478 g/mol. The van der Waals surface area contributed by atoms with Crippen LogP contribution < -0.4 is 10.1 Å². The SMILES string of the molecule is C=CCOc1ccc(C=C2C(=O)NC(=O)N(Cc3ccco3)C2=O)cc1I. The molecule has 0 saturated carbocycles. The van der Waals surface area contributed by atoms with Crippen LogP contribution in [-0.4, -0.2) is 29.4 Å². The molecule has 1 aromatic carbocycles.